The van der Waals surface area contributed by atoms with Crippen molar-refractivity contribution >= 4 is 22.2 Å². The molecule has 0 aliphatic carbocycles. The number of carbonyl (C=O) groups is 1. The highest BCUT2D eigenvalue weighted by Crippen LogP contribution is 2.40. The summed E-state index contributed by atoms with van der Waals surface area (Å²) in [7, 11) is 3.83. The van der Waals surface area contributed by atoms with Gasteiger partial charge < -0.3 is 25.0 Å². The molecule has 0 saturated carbocycles. The van der Waals surface area contributed by atoms with E-state index in [-0.39, 0.29) is 12.1 Å². The van der Waals surface area contributed by atoms with Crippen molar-refractivity contribution in [1.82, 2.24) is 5.32 Å². The van der Waals surface area contributed by atoms with E-state index < -0.39 is 0 Å². The normalized spacial score (nSPS) is 19.6. The van der Waals surface area contributed by atoms with Crippen molar-refractivity contribution in [2.24, 2.45) is 0 Å². The van der Waals surface area contributed by atoms with Gasteiger partial charge in [-0.3, -0.25) is 4.79 Å². The molecule has 160 valence electrons. The van der Waals surface area contributed by atoms with Crippen molar-refractivity contribution in [2.45, 2.75) is 25.7 Å². The standard InChI is InChI=1S/C24H25N3O3S/c1-27-11-10-17-20(13-27)31-24-21(17)23(28)25-22(26-24)16-8-9-18(19(12-16)29-2)30-14-15-6-4-3-5-7-15/h3-9,12,22,26H,10-11,13-14H2,1-2H3,(H,25,28)/p+1/t22-/m0/s1. The largest absolute Gasteiger partial charge is 0.493 e. The summed E-state index contributed by atoms with van der Waals surface area (Å²) in [5.74, 6) is 1.32. The number of hydrogen-bond donors (Lipinski definition) is 3. The van der Waals surface area contributed by atoms with E-state index >= 15 is 0 Å². The second-order valence-electron chi connectivity index (χ2n) is 8.08. The molecule has 3 heterocycles. The Labute approximate surface area is 185 Å². The van der Waals surface area contributed by atoms with Gasteiger partial charge >= 0.3 is 0 Å². The van der Waals surface area contributed by atoms with Crippen LogP contribution in [0.5, 0.6) is 11.5 Å². The van der Waals surface area contributed by atoms with Crippen molar-refractivity contribution in [2.75, 3.05) is 26.0 Å². The van der Waals surface area contributed by atoms with Gasteiger partial charge in [-0.05, 0) is 28.8 Å². The molecule has 1 amide bonds. The van der Waals surface area contributed by atoms with Crippen LogP contribution in [0.25, 0.3) is 0 Å². The van der Waals surface area contributed by atoms with E-state index in [1.807, 2.05) is 48.5 Å². The number of hydrogen-bond acceptors (Lipinski definition) is 5. The summed E-state index contributed by atoms with van der Waals surface area (Å²) in [6.07, 6.45) is 0.649. The van der Waals surface area contributed by atoms with Crippen molar-refractivity contribution in [3.8, 4) is 11.5 Å². The third-order valence-corrected chi connectivity index (χ3v) is 7.05. The minimum absolute atomic E-state index is 0.000765. The Kier molecular flexibility index (Phi) is 5.29. The molecule has 1 aromatic heterocycles. The highest BCUT2D eigenvalue weighted by atomic mass is 32.1. The molecule has 0 saturated heterocycles. The second kappa shape index (κ2) is 8.24. The van der Waals surface area contributed by atoms with Crippen LogP contribution in [0.15, 0.2) is 48.5 Å². The first-order chi connectivity index (χ1) is 15.1. The summed E-state index contributed by atoms with van der Waals surface area (Å²) in [5, 5.41) is 7.61. The predicted molar refractivity (Wildman–Crippen MR) is 121 cm³/mol. The average molecular weight is 437 g/mol. The average Bonchev–Trinajstić information content (AvgIpc) is 3.16. The van der Waals surface area contributed by atoms with Crippen LogP contribution in [0.1, 0.15) is 38.1 Å². The summed E-state index contributed by atoms with van der Waals surface area (Å²) >= 11 is 1.71. The molecular formula is C24H26N3O3S+. The molecule has 6 nitrogen and oxygen atoms in total. The molecule has 0 radical (unpaired) electrons. The number of ether oxygens (including phenoxy) is 2. The smallest absolute Gasteiger partial charge is 0.256 e. The van der Waals surface area contributed by atoms with Crippen LogP contribution in [0, 0.1) is 0 Å². The number of likely N-dealkylation sites (N-methyl/N-ethyl adjacent to an activating group) is 1. The minimum Gasteiger partial charge on any atom is -0.493 e. The maximum Gasteiger partial charge on any atom is 0.256 e. The van der Waals surface area contributed by atoms with Crippen molar-refractivity contribution in [3.63, 3.8) is 0 Å². The van der Waals surface area contributed by atoms with E-state index in [0.717, 1.165) is 41.2 Å². The molecule has 3 aromatic rings. The number of nitrogens with one attached hydrogen (secondary N) is 3. The zero-order valence-corrected chi connectivity index (χ0v) is 18.5. The highest BCUT2D eigenvalue weighted by Gasteiger charge is 2.34. The molecule has 0 spiro atoms. The van der Waals surface area contributed by atoms with Gasteiger partial charge in [-0.25, -0.2) is 0 Å². The quantitative estimate of drug-likeness (QED) is 0.576. The van der Waals surface area contributed by atoms with E-state index in [0.29, 0.717) is 18.1 Å². The molecule has 31 heavy (non-hydrogen) atoms. The summed E-state index contributed by atoms with van der Waals surface area (Å²) in [5.41, 5.74) is 4.07. The Bertz CT molecular complexity index is 1110. The Morgan fingerprint density at radius 3 is 2.77 bits per heavy atom. The van der Waals surface area contributed by atoms with E-state index in [1.54, 1.807) is 18.4 Å². The van der Waals surface area contributed by atoms with Crippen molar-refractivity contribution in [3.05, 3.63) is 75.7 Å². The third kappa shape index (κ3) is 3.86. The van der Waals surface area contributed by atoms with E-state index in [4.69, 9.17) is 9.47 Å². The molecule has 0 bridgehead atoms. The molecule has 2 atom stereocenters. The number of thiophene rings is 1. The lowest BCUT2D eigenvalue weighted by Crippen LogP contribution is -3.08. The first kappa shape index (κ1) is 19.9. The fourth-order valence-corrected chi connectivity index (χ4v) is 5.60. The summed E-state index contributed by atoms with van der Waals surface area (Å²) in [6, 6.07) is 15.8. The number of quaternary nitrogens is 1. The molecule has 2 aliphatic rings. The lowest BCUT2D eigenvalue weighted by molar-refractivity contribution is -0.895. The first-order valence-electron chi connectivity index (χ1n) is 10.5. The first-order valence-corrected chi connectivity index (χ1v) is 11.3. The van der Waals surface area contributed by atoms with Gasteiger partial charge in [0.15, 0.2) is 11.5 Å². The summed E-state index contributed by atoms with van der Waals surface area (Å²) < 4.78 is 11.5. The van der Waals surface area contributed by atoms with Gasteiger partial charge in [-0.2, -0.15) is 0 Å². The van der Waals surface area contributed by atoms with E-state index in [1.165, 1.54) is 15.3 Å². The maximum absolute atomic E-state index is 13.0. The van der Waals surface area contributed by atoms with Gasteiger partial charge in [0.1, 0.15) is 24.3 Å². The summed E-state index contributed by atoms with van der Waals surface area (Å²) in [6.45, 7) is 2.51. The second-order valence-corrected chi connectivity index (χ2v) is 9.18. The topological polar surface area (TPSA) is 64.0 Å². The lowest BCUT2D eigenvalue weighted by Gasteiger charge is -2.27. The number of benzene rings is 2. The van der Waals surface area contributed by atoms with Gasteiger partial charge in [-0.1, -0.05) is 36.4 Å². The maximum atomic E-state index is 13.0. The van der Waals surface area contributed by atoms with Crippen LogP contribution in [-0.4, -0.2) is 26.6 Å². The third-order valence-electron chi connectivity index (χ3n) is 5.89. The number of rotatable bonds is 5. The zero-order valence-electron chi connectivity index (χ0n) is 17.7. The lowest BCUT2D eigenvalue weighted by atomic mass is 10.0. The Balaban J connectivity index is 1.36. The molecule has 5 rings (SSSR count). The van der Waals surface area contributed by atoms with E-state index in [2.05, 4.69) is 17.7 Å². The van der Waals surface area contributed by atoms with E-state index in [9.17, 15) is 4.79 Å². The number of fused-ring (bicyclic) bond motifs is 3. The van der Waals surface area contributed by atoms with Gasteiger partial charge in [0.25, 0.3) is 5.91 Å². The molecular weight excluding hydrogens is 410 g/mol. The monoisotopic (exact) mass is 436 g/mol. The molecule has 0 fully saturated rings. The Morgan fingerprint density at radius 2 is 1.97 bits per heavy atom. The van der Waals surface area contributed by atoms with Crippen molar-refractivity contribution < 1.29 is 19.2 Å². The van der Waals surface area contributed by atoms with Crippen LogP contribution >= 0.6 is 11.3 Å². The Hall–Kier alpha value is -3.03. The number of amides is 1. The van der Waals surface area contributed by atoms with Gasteiger partial charge in [-0.15, -0.1) is 11.3 Å². The van der Waals surface area contributed by atoms with Gasteiger partial charge in [0, 0.05) is 6.42 Å². The molecule has 1 unspecified atom stereocenters. The molecule has 3 N–H and O–H groups in total. The van der Waals surface area contributed by atoms with Crippen LogP contribution in [0.4, 0.5) is 5.00 Å². The van der Waals surface area contributed by atoms with Crippen LogP contribution in [0.3, 0.4) is 0 Å². The fraction of sp³-hybridized carbons (Fsp3) is 0.292. The number of methoxy groups -OCH3 is 1. The van der Waals surface area contributed by atoms with Gasteiger partial charge in [0.2, 0.25) is 0 Å². The van der Waals surface area contributed by atoms with Crippen LogP contribution < -0.4 is 25.0 Å². The molecule has 2 aromatic carbocycles. The Morgan fingerprint density at radius 1 is 1.13 bits per heavy atom. The number of carbonyl (C=O) groups excluding carboxylic acids is 1. The van der Waals surface area contributed by atoms with Crippen LogP contribution in [-0.2, 0) is 19.6 Å². The SMILES string of the molecule is COc1cc([C@H]2NC(=O)c3c(sc4c3CC[NH+](C)C4)N2)ccc1OCc1ccccc1. The zero-order chi connectivity index (χ0) is 21.4. The number of anilines is 1. The summed E-state index contributed by atoms with van der Waals surface area (Å²) in [4.78, 5) is 15.8. The fourth-order valence-electron chi connectivity index (χ4n) is 4.22. The highest BCUT2D eigenvalue weighted by molar-refractivity contribution is 7.16. The molecule has 7 heteroatoms. The minimum atomic E-state index is -0.303. The van der Waals surface area contributed by atoms with Crippen molar-refractivity contribution in [1.29, 1.82) is 0 Å². The predicted octanol–water partition coefficient (Wildman–Crippen LogP) is 2.76. The van der Waals surface area contributed by atoms with Gasteiger partial charge in [0.05, 0.1) is 31.1 Å². The molecule has 2 aliphatic heterocycles. The van der Waals surface area contributed by atoms with Crippen LogP contribution in [0.2, 0.25) is 0 Å².